The van der Waals surface area contributed by atoms with Gasteiger partial charge in [0.2, 0.25) is 0 Å². The molecule has 0 amide bonds. The molecule has 0 aromatic carbocycles. The fraction of sp³-hybridized carbons (Fsp3) is 1.00. The molecule has 1 heterocycles. The number of hydrogen-bond donors (Lipinski definition) is 1. The number of aliphatic hydroxyl groups is 1. The first-order valence-corrected chi connectivity index (χ1v) is 5.76. The van der Waals surface area contributed by atoms with Gasteiger partial charge in [-0.1, -0.05) is 0 Å². The summed E-state index contributed by atoms with van der Waals surface area (Å²) in [4.78, 5) is 0. The van der Waals surface area contributed by atoms with Crippen molar-refractivity contribution >= 4 is 0 Å². The highest BCUT2D eigenvalue weighted by Gasteiger charge is 2.22. The van der Waals surface area contributed by atoms with Crippen molar-refractivity contribution < 1.29 is 14.6 Å². The van der Waals surface area contributed by atoms with Gasteiger partial charge in [0.25, 0.3) is 0 Å². The highest BCUT2D eigenvalue weighted by atomic mass is 16.5. The molecule has 1 saturated heterocycles. The van der Waals surface area contributed by atoms with E-state index in [-0.39, 0.29) is 6.10 Å². The first-order chi connectivity index (χ1) is 6.84. The highest BCUT2D eigenvalue weighted by Crippen LogP contribution is 2.22. The lowest BCUT2D eigenvalue weighted by Gasteiger charge is -2.26. The van der Waals surface area contributed by atoms with Crippen LogP contribution in [0.2, 0.25) is 0 Å². The normalized spacial score (nSPS) is 38.8. The van der Waals surface area contributed by atoms with Crippen LogP contribution in [0.5, 0.6) is 0 Å². The van der Waals surface area contributed by atoms with Crippen LogP contribution in [-0.2, 0) is 9.47 Å². The Balaban J connectivity index is 1.60. The topological polar surface area (TPSA) is 38.7 Å². The van der Waals surface area contributed by atoms with Crippen molar-refractivity contribution in [3.63, 3.8) is 0 Å². The molecule has 1 aliphatic heterocycles. The van der Waals surface area contributed by atoms with Gasteiger partial charge in [-0.05, 0) is 38.5 Å². The van der Waals surface area contributed by atoms with Crippen LogP contribution in [0.3, 0.4) is 0 Å². The smallest absolute Gasteiger partial charge is 0.0809 e. The van der Waals surface area contributed by atoms with E-state index in [2.05, 4.69) is 0 Å². The minimum Gasteiger partial charge on any atom is -0.393 e. The predicted molar refractivity (Wildman–Crippen MR) is 53.2 cm³/mol. The van der Waals surface area contributed by atoms with Gasteiger partial charge >= 0.3 is 0 Å². The largest absolute Gasteiger partial charge is 0.393 e. The van der Waals surface area contributed by atoms with Crippen LogP contribution in [0.25, 0.3) is 0 Å². The standard InChI is InChI=1S/C11H20O3/c12-9-3-5-10(6-4-9)14-8-11-2-1-7-13-11/h9-12H,1-8H2. The van der Waals surface area contributed by atoms with E-state index >= 15 is 0 Å². The molecule has 1 aliphatic carbocycles. The van der Waals surface area contributed by atoms with Crippen molar-refractivity contribution in [2.45, 2.75) is 56.8 Å². The summed E-state index contributed by atoms with van der Waals surface area (Å²) in [6.07, 6.45) is 6.75. The average molecular weight is 200 g/mol. The molecule has 2 rings (SSSR count). The zero-order valence-corrected chi connectivity index (χ0v) is 8.65. The summed E-state index contributed by atoms with van der Waals surface area (Å²) in [7, 11) is 0. The lowest BCUT2D eigenvalue weighted by molar-refractivity contribution is -0.0461. The first kappa shape index (κ1) is 10.4. The Morgan fingerprint density at radius 2 is 1.93 bits per heavy atom. The lowest BCUT2D eigenvalue weighted by atomic mass is 9.95. The Morgan fingerprint density at radius 1 is 1.14 bits per heavy atom. The van der Waals surface area contributed by atoms with E-state index in [9.17, 15) is 5.11 Å². The maximum absolute atomic E-state index is 9.33. The molecule has 82 valence electrons. The summed E-state index contributed by atoms with van der Waals surface area (Å²) in [6.45, 7) is 1.65. The van der Waals surface area contributed by atoms with Crippen LogP contribution in [0, 0.1) is 0 Å². The Labute approximate surface area is 85.4 Å². The molecule has 2 aliphatic rings. The van der Waals surface area contributed by atoms with Gasteiger partial charge in [0.1, 0.15) is 0 Å². The highest BCUT2D eigenvalue weighted by molar-refractivity contribution is 4.73. The first-order valence-electron chi connectivity index (χ1n) is 5.76. The van der Waals surface area contributed by atoms with Crippen LogP contribution >= 0.6 is 0 Å². The van der Waals surface area contributed by atoms with Gasteiger partial charge in [0, 0.05) is 6.61 Å². The van der Waals surface area contributed by atoms with Crippen LogP contribution in [0.4, 0.5) is 0 Å². The number of rotatable bonds is 3. The van der Waals surface area contributed by atoms with Gasteiger partial charge in [0.15, 0.2) is 0 Å². The van der Waals surface area contributed by atoms with Crippen molar-refractivity contribution in [2.75, 3.05) is 13.2 Å². The van der Waals surface area contributed by atoms with E-state index in [1.54, 1.807) is 0 Å². The van der Waals surface area contributed by atoms with E-state index in [4.69, 9.17) is 9.47 Å². The summed E-state index contributed by atoms with van der Waals surface area (Å²) < 4.78 is 11.3. The third-order valence-corrected chi connectivity index (χ3v) is 3.19. The number of ether oxygens (including phenoxy) is 2. The van der Waals surface area contributed by atoms with E-state index in [0.29, 0.717) is 12.2 Å². The van der Waals surface area contributed by atoms with Gasteiger partial charge in [-0.3, -0.25) is 0 Å². The zero-order chi connectivity index (χ0) is 9.80. The molecule has 2 fully saturated rings. The molecule has 1 atom stereocenters. The number of hydrogen-bond acceptors (Lipinski definition) is 3. The molecule has 0 bridgehead atoms. The third-order valence-electron chi connectivity index (χ3n) is 3.19. The monoisotopic (exact) mass is 200 g/mol. The lowest BCUT2D eigenvalue weighted by Crippen LogP contribution is -2.27. The summed E-state index contributed by atoms with van der Waals surface area (Å²) in [5.41, 5.74) is 0. The number of aliphatic hydroxyl groups excluding tert-OH is 1. The van der Waals surface area contributed by atoms with Crippen molar-refractivity contribution in [3.8, 4) is 0 Å². The Morgan fingerprint density at radius 3 is 2.57 bits per heavy atom. The van der Waals surface area contributed by atoms with Gasteiger partial charge in [-0.25, -0.2) is 0 Å². The molecule has 1 N–H and O–H groups in total. The van der Waals surface area contributed by atoms with Gasteiger partial charge in [-0.15, -0.1) is 0 Å². The molecule has 14 heavy (non-hydrogen) atoms. The van der Waals surface area contributed by atoms with Crippen molar-refractivity contribution in [3.05, 3.63) is 0 Å². The average Bonchev–Trinajstić information content (AvgIpc) is 2.70. The SMILES string of the molecule is OC1CCC(OCC2CCCO2)CC1. The molecule has 1 unspecified atom stereocenters. The van der Waals surface area contributed by atoms with E-state index in [1.807, 2.05) is 0 Å². The molecule has 0 spiro atoms. The van der Waals surface area contributed by atoms with E-state index in [0.717, 1.165) is 45.3 Å². The minimum absolute atomic E-state index is 0.0856. The van der Waals surface area contributed by atoms with Gasteiger partial charge in [0.05, 0.1) is 24.9 Å². The maximum atomic E-state index is 9.33. The second-order valence-corrected chi connectivity index (χ2v) is 4.40. The Bertz CT molecular complexity index is 158. The van der Waals surface area contributed by atoms with E-state index < -0.39 is 0 Å². The fourth-order valence-electron chi connectivity index (χ4n) is 2.23. The predicted octanol–water partition coefficient (Wildman–Crippen LogP) is 1.49. The van der Waals surface area contributed by atoms with Crippen molar-refractivity contribution in [2.24, 2.45) is 0 Å². The molecule has 1 saturated carbocycles. The van der Waals surface area contributed by atoms with Crippen molar-refractivity contribution in [1.82, 2.24) is 0 Å². The maximum Gasteiger partial charge on any atom is 0.0809 e. The summed E-state index contributed by atoms with van der Waals surface area (Å²) in [6, 6.07) is 0. The summed E-state index contributed by atoms with van der Waals surface area (Å²) in [5, 5.41) is 9.33. The molecule has 3 heteroatoms. The molecule has 3 nitrogen and oxygen atoms in total. The molecule has 0 aromatic rings. The Kier molecular flexibility index (Phi) is 3.79. The van der Waals surface area contributed by atoms with Crippen LogP contribution in [-0.4, -0.2) is 36.6 Å². The van der Waals surface area contributed by atoms with E-state index in [1.165, 1.54) is 6.42 Å². The fourth-order valence-corrected chi connectivity index (χ4v) is 2.23. The second kappa shape index (κ2) is 5.10. The third kappa shape index (κ3) is 2.94. The summed E-state index contributed by atoms with van der Waals surface area (Å²) in [5.74, 6) is 0. The molecular formula is C11H20O3. The van der Waals surface area contributed by atoms with Crippen LogP contribution in [0.1, 0.15) is 38.5 Å². The van der Waals surface area contributed by atoms with Crippen LogP contribution < -0.4 is 0 Å². The zero-order valence-electron chi connectivity index (χ0n) is 8.65. The van der Waals surface area contributed by atoms with Gasteiger partial charge in [-0.2, -0.15) is 0 Å². The van der Waals surface area contributed by atoms with Crippen molar-refractivity contribution in [1.29, 1.82) is 0 Å². The minimum atomic E-state index is -0.0856. The quantitative estimate of drug-likeness (QED) is 0.750. The second-order valence-electron chi connectivity index (χ2n) is 4.40. The molecule has 0 radical (unpaired) electrons. The van der Waals surface area contributed by atoms with Gasteiger partial charge < -0.3 is 14.6 Å². The molecular weight excluding hydrogens is 180 g/mol. The Hall–Kier alpha value is -0.120. The summed E-state index contributed by atoms with van der Waals surface area (Å²) >= 11 is 0. The van der Waals surface area contributed by atoms with Crippen LogP contribution in [0.15, 0.2) is 0 Å². The molecule has 0 aromatic heterocycles.